The molecule has 0 spiro atoms. The highest BCUT2D eigenvalue weighted by molar-refractivity contribution is 5.81. The van der Waals surface area contributed by atoms with E-state index < -0.39 is 12.2 Å². The Hall–Kier alpha value is -1.55. The number of aliphatic hydroxyl groups is 1. The number of rotatable bonds is 5. The summed E-state index contributed by atoms with van der Waals surface area (Å²) in [5, 5.41) is 12.5. The average Bonchev–Trinajstić information content (AvgIpc) is 2.48. The van der Waals surface area contributed by atoms with Gasteiger partial charge in [0.05, 0.1) is 6.10 Å². The van der Waals surface area contributed by atoms with Crippen molar-refractivity contribution in [3.05, 3.63) is 29.8 Å². The molecule has 4 nitrogen and oxygen atoms in total. The number of amides is 1. The van der Waals surface area contributed by atoms with Gasteiger partial charge in [-0.15, -0.1) is 0 Å². The summed E-state index contributed by atoms with van der Waals surface area (Å²) in [5.74, 6) is 0.590. The molecule has 0 aliphatic heterocycles. The maximum absolute atomic E-state index is 12.1. The van der Waals surface area contributed by atoms with Gasteiger partial charge in [-0.1, -0.05) is 31.4 Å². The van der Waals surface area contributed by atoms with Gasteiger partial charge in [0.1, 0.15) is 5.75 Å². The molecule has 0 saturated heterocycles. The van der Waals surface area contributed by atoms with Crippen molar-refractivity contribution < 1.29 is 14.6 Å². The highest BCUT2D eigenvalue weighted by Crippen LogP contribution is 2.19. The van der Waals surface area contributed by atoms with Gasteiger partial charge in [0.15, 0.2) is 6.10 Å². The van der Waals surface area contributed by atoms with Gasteiger partial charge in [-0.05, 0) is 44.4 Å². The van der Waals surface area contributed by atoms with E-state index in [1.165, 1.54) is 19.3 Å². The predicted octanol–water partition coefficient (Wildman–Crippen LogP) is 2.96. The lowest BCUT2D eigenvalue weighted by molar-refractivity contribution is -0.128. The van der Waals surface area contributed by atoms with Gasteiger partial charge in [-0.3, -0.25) is 4.79 Å². The van der Waals surface area contributed by atoms with Crippen LogP contribution in [0.3, 0.4) is 0 Å². The second-order valence-corrected chi connectivity index (χ2v) is 5.85. The second-order valence-electron chi connectivity index (χ2n) is 5.85. The van der Waals surface area contributed by atoms with Crippen LogP contribution in [0.2, 0.25) is 0 Å². The van der Waals surface area contributed by atoms with Crippen molar-refractivity contribution in [3.8, 4) is 5.75 Å². The van der Waals surface area contributed by atoms with Crippen molar-refractivity contribution >= 4 is 5.91 Å². The quantitative estimate of drug-likeness (QED) is 0.877. The van der Waals surface area contributed by atoms with E-state index in [0.717, 1.165) is 18.4 Å². The molecule has 1 fully saturated rings. The predicted molar refractivity (Wildman–Crippen MR) is 82.2 cm³/mol. The van der Waals surface area contributed by atoms with E-state index in [2.05, 4.69) is 5.32 Å². The topological polar surface area (TPSA) is 58.6 Å². The van der Waals surface area contributed by atoms with Gasteiger partial charge in [-0.2, -0.15) is 0 Å². The van der Waals surface area contributed by atoms with Crippen molar-refractivity contribution in [2.24, 2.45) is 0 Å². The van der Waals surface area contributed by atoms with E-state index in [4.69, 9.17) is 4.74 Å². The van der Waals surface area contributed by atoms with Crippen molar-refractivity contribution in [1.29, 1.82) is 0 Å². The molecule has 0 heterocycles. The molecule has 21 heavy (non-hydrogen) atoms. The summed E-state index contributed by atoms with van der Waals surface area (Å²) in [6.45, 7) is 3.48. The molecule has 1 aromatic carbocycles. The summed E-state index contributed by atoms with van der Waals surface area (Å²) in [7, 11) is 0. The number of hydrogen-bond acceptors (Lipinski definition) is 3. The summed E-state index contributed by atoms with van der Waals surface area (Å²) in [6.07, 6.45) is 4.80. The molecule has 4 heteroatoms. The minimum absolute atomic E-state index is 0.0542. The van der Waals surface area contributed by atoms with E-state index in [1.54, 1.807) is 26.0 Å². The number of benzene rings is 1. The molecule has 1 aliphatic rings. The van der Waals surface area contributed by atoms with Crippen LogP contribution in [0.4, 0.5) is 0 Å². The van der Waals surface area contributed by atoms with Gasteiger partial charge in [0.25, 0.3) is 5.91 Å². The Morgan fingerprint density at radius 3 is 2.38 bits per heavy atom. The number of aliphatic hydroxyl groups excluding tert-OH is 1. The van der Waals surface area contributed by atoms with Crippen LogP contribution in [0.1, 0.15) is 57.6 Å². The summed E-state index contributed by atoms with van der Waals surface area (Å²) >= 11 is 0. The second kappa shape index (κ2) is 7.46. The van der Waals surface area contributed by atoms with Gasteiger partial charge in [0, 0.05) is 6.04 Å². The van der Waals surface area contributed by atoms with E-state index in [-0.39, 0.29) is 5.91 Å². The summed E-state index contributed by atoms with van der Waals surface area (Å²) in [5.41, 5.74) is 0.835. The van der Waals surface area contributed by atoms with Crippen LogP contribution in [0, 0.1) is 0 Å². The molecule has 1 saturated carbocycles. The van der Waals surface area contributed by atoms with Gasteiger partial charge in [-0.25, -0.2) is 0 Å². The lowest BCUT2D eigenvalue weighted by Gasteiger charge is -2.24. The first-order chi connectivity index (χ1) is 10.1. The third-order valence-corrected chi connectivity index (χ3v) is 4.00. The Balaban J connectivity index is 1.84. The largest absolute Gasteiger partial charge is 0.481 e. The molecule has 2 rings (SSSR count). The lowest BCUT2D eigenvalue weighted by atomic mass is 9.95. The van der Waals surface area contributed by atoms with Gasteiger partial charge >= 0.3 is 0 Å². The Kier molecular flexibility index (Phi) is 5.62. The molecule has 1 aromatic rings. The minimum Gasteiger partial charge on any atom is -0.481 e. The lowest BCUT2D eigenvalue weighted by Crippen LogP contribution is -2.43. The van der Waals surface area contributed by atoms with Crippen molar-refractivity contribution in [2.75, 3.05) is 0 Å². The number of carbonyl (C=O) groups excluding carboxylic acids is 1. The molecule has 2 atom stereocenters. The van der Waals surface area contributed by atoms with E-state index in [0.29, 0.717) is 11.8 Å². The fraction of sp³-hybridized carbons (Fsp3) is 0.588. The van der Waals surface area contributed by atoms with E-state index in [1.807, 2.05) is 12.1 Å². The molecular formula is C17H25NO3. The van der Waals surface area contributed by atoms with Crippen LogP contribution in [0.5, 0.6) is 5.75 Å². The van der Waals surface area contributed by atoms with Crippen molar-refractivity contribution in [3.63, 3.8) is 0 Å². The fourth-order valence-electron chi connectivity index (χ4n) is 2.65. The zero-order valence-electron chi connectivity index (χ0n) is 12.8. The number of ether oxygens (including phenoxy) is 1. The Labute approximate surface area is 126 Å². The Bertz CT molecular complexity index is 450. The van der Waals surface area contributed by atoms with Crippen LogP contribution >= 0.6 is 0 Å². The zero-order valence-corrected chi connectivity index (χ0v) is 12.8. The monoisotopic (exact) mass is 291 g/mol. The third kappa shape index (κ3) is 4.74. The van der Waals surface area contributed by atoms with Crippen LogP contribution in [0.25, 0.3) is 0 Å². The summed E-state index contributed by atoms with van der Waals surface area (Å²) in [6, 6.07) is 7.49. The minimum atomic E-state index is -0.510. The first-order valence-corrected chi connectivity index (χ1v) is 7.81. The van der Waals surface area contributed by atoms with Crippen LogP contribution in [-0.4, -0.2) is 23.2 Å². The summed E-state index contributed by atoms with van der Waals surface area (Å²) < 4.78 is 5.66. The maximum Gasteiger partial charge on any atom is 0.260 e. The highest BCUT2D eigenvalue weighted by Gasteiger charge is 2.20. The fourth-order valence-corrected chi connectivity index (χ4v) is 2.65. The van der Waals surface area contributed by atoms with Crippen LogP contribution in [-0.2, 0) is 4.79 Å². The molecule has 0 aromatic heterocycles. The Morgan fingerprint density at radius 1 is 1.19 bits per heavy atom. The summed E-state index contributed by atoms with van der Waals surface area (Å²) in [4.78, 5) is 12.1. The van der Waals surface area contributed by atoms with E-state index >= 15 is 0 Å². The molecule has 0 radical (unpaired) electrons. The SMILES string of the molecule is CC(Oc1ccc([C@H](C)O)cc1)C(=O)NC1CCCCC1. The molecule has 2 N–H and O–H groups in total. The van der Waals surface area contributed by atoms with Gasteiger partial charge in [0.2, 0.25) is 0 Å². The molecule has 0 bridgehead atoms. The van der Waals surface area contributed by atoms with Gasteiger partial charge < -0.3 is 15.2 Å². The smallest absolute Gasteiger partial charge is 0.260 e. The third-order valence-electron chi connectivity index (χ3n) is 4.00. The first-order valence-electron chi connectivity index (χ1n) is 7.81. The number of nitrogens with one attached hydrogen (secondary N) is 1. The Morgan fingerprint density at radius 2 is 1.81 bits per heavy atom. The van der Waals surface area contributed by atoms with E-state index in [9.17, 15) is 9.90 Å². The molecule has 116 valence electrons. The molecule has 1 aliphatic carbocycles. The maximum atomic E-state index is 12.1. The van der Waals surface area contributed by atoms with Crippen molar-refractivity contribution in [1.82, 2.24) is 5.32 Å². The molecular weight excluding hydrogens is 266 g/mol. The van der Waals surface area contributed by atoms with Crippen LogP contribution in [0.15, 0.2) is 24.3 Å². The van der Waals surface area contributed by atoms with Crippen LogP contribution < -0.4 is 10.1 Å². The normalized spacial score (nSPS) is 18.8. The standard InChI is InChI=1S/C17H25NO3/c1-12(19)14-8-10-16(11-9-14)21-13(2)17(20)18-15-6-4-3-5-7-15/h8-13,15,19H,3-7H2,1-2H3,(H,18,20)/t12-,13?/m0/s1. The number of carbonyl (C=O) groups is 1. The zero-order chi connectivity index (χ0) is 15.2. The molecule has 1 amide bonds. The number of hydrogen-bond donors (Lipinski definition) is 2. The first kappa shape index (κ1) is 15.8. The average molecular weight is 291 g/mol. The molecule has 1 unspecified atom stereocenters. The highest BCUT2D eigenvalue weighted by atomic mass is 16.5. The van der Waals surface area contributed by atoms with Crippen molar-refractivity contribution in [2.45, 2.75) is 64.2 Å².